The first-order chi connectivity index (χ1) is 12.2. The van der Waals surface area contributed by atoms with Gasteiger partial charge in [-0.15, -0.1) is 0 Å². The number of para-hydroxylation sites is 1. The van der Waals surface area contributed by atoms with Crippen molar-refractivity contribution in [1.82, 2.24) is 14.9 Å². The molecule has 0 bridgehead atoms. The van der Waals surface area contributed by atoms with Crippen LogP contribution >= 0.6 is 0 Å². The fraction of sp³-hybridized carbons (Fsp3) is 0.600. The number of nitrogens with one attached hydrogen (secondary N) is 1. The van der Waals surface area contributed by atoms with Crippen LogP contribution in [-0.2, 0) is 11.3 Å². The Kier molecular flexibility index (Phi) is 4.82. The van der Waals surface area contributed by atoms with E-state index in [-0.39, 0.29) is 0 Å². The third kappa shape index (κ3) is 3.60. The summed E-state index contributed by atoms with van der Waals surface area (Å²) in [5.41, 5.74) is 4.30. The topological polar surface area (TPSA) is 57.5 Å². The van der Waals surface area contributed by atoms with Gasteiger partial charge in [-0.1, -0.05) is 18.2 Å². The van der Waals surface area contributed by atoms with Crippen LogP contribution in [0.2, 0.25) is 0 Å². The van der Waals surface area contributed by atoms with Crippen molar-refractivity contribution in [2.45, 2.75) is 39.2 Å². The number of ether oxygens (including phenoxy) is 1. The van der Waals surface area contributed by atoms with Crippen LogP contribution in [0, 0.1) is 12.3 Å². The Hall–Kier alpha value is -1.40. The molecule has 25 heavy (non-hydrogen) atoms. The monoisotopic (exact) mass is 342 g/mol. The van der Waals surface area contributed by atoms with Crippen molar-refractivity contribution in [2.24, 2.45) is 11.3 Å². The van der Waals surface area contributed by atoms with Crippen molar-refractivity contribution in [3.8, 4) is 0 Å². The normalized spacial score (nSPS) is 23.0. The fourth-order valence-corrected chi connectivity index (χ4v) is 4.46. The van der Waals surface area contributed by atoms with Gasteiger partial charge in [0.1, 0.15) is 0 Å². The molecule has 0 radical (unpaired) electrons. The van der Waals surface area contributed by atoms with Gasteiger partial charge in [0.05, 0.1) is 13.3 Å². The number of hydrogen-bond donors (Lipinski definition) is 2. The molecular weight excluding hydrogens is 312 g/mol. The highest BCUT2D eigenvalue weighted by Gasteiger charge is 2.35. The van der Waals surface area contributed by atoms with Gasteiger partial charge in [-0.05, 0) is 49.1 Å². The first-order valence-corrected chi connectivity index (χ1v) is 9.51. The van der Waals surface area contributed by atoms with Crippen molar-refractivity contribution < 1.29 is 4.74 Å². The maximum Gasteiger partial charge on any atom is 0.0993 e. The predicted molar refractivity (Wildman–Crippen MR) is 101 cm³/mol. The third-order valence-electron chi connectivity index (χ3n) is 6.13. The molecule has 3 N–H and O–H groups in total. The highest BCUT2D eigenvalue weighted by atomic mass is 16.5. The molecule has 1 aromatic carbocycles. The van der Waals surface area contributed by atoms with Gasteiger partial charge in [-0.3, -0.25) is 10.7 Å². The minimum Gasteiger partial charge on any atom is -0.365 e. The van der Waals surface area contributed by atoms with Crippen molar-refractivity contribution in [1.29, 1.82) is 0 Å². The average molecular weight is 342 g/mol. The number of hydrazine groups is 1. The Morgan fingerprint density at radius 3 is 2.88 bits per heavy atom. The lowest BCUT2D eigenvalue weighted by Crippen LogP contribution is -2.47. The number of aromatic amines is 1. The molecule has 1 aromatic heterocycles. The summed E-state index contributed by atoms with van der Waals surface area (Å²) < 4.78 is 6.16. The molecule has 1 spiro atoms. The zero-order valence-corrected chi connectivity index (χ0v) is 15.3. The van der Waals surface area contributed by atoms with E-state index in [0.717, 1.165) is 39.5 Å². The van der Waals surface area contributed by atoms with Crippen LogP contribution in [0.5, 0.6) is 0 Å². The lowest BCUT2D eigenvalue weighted by Gasteiger charge is -2.42. The number of H-pyrrole nitrogens is 1. The van der Waals surface area contributed by atoms with Gasteiger partial charge in [0.15, 0.2) is 0 Å². The Labute approximate surface area is 150 Å². The molecule has 0 atom stereocenters. The number of aryl methyl sites for hydroxylation is 1. The molecule has 2 fully saturated rings. The van der Waals surface area contributed by atoms with Gasteiger partial charge in [0.25, 0.3) is 0 Å². The van der Waals surface area contributed by atoms with Gasteiger partial charge < -0.3 is 9.72 Å². The first-order valence-electron chi connectivity index (χ1n) is 9.51. The van der Waals surface area contributed by atoms with E-state index in [0.29, 0.717) is 5.41 Å². The Bertz CT molecular complexity index is 706. The largest absolute Gasteiger partial charge is 0.365 e. The molecule has 4 rings (SSSR count). The Morgan fingerprint density at radius 2 is 2.04 bits per heavy atom. The fourth-order valence-electron chi connectivity index (χ4n) is 4.46. The maximum atomic E-state index is 6.16. The number of rotatable bonds is 2. The maximum absolute atomic E-state index is 6.16. The van der Waals surface area contributed by atoms with E-state index < -0.39 is 0 Å². The van der Waals surface area contributed by atoms with E-state index in [4.69, 9.17) is 10.6 Å². The molecule has 0 saturated carbocycles. The number of hydrogen-bond acceptors (Lipinski definition) is 4. The van der Waals surface area contributed by atoms with Crippen LogP contribution in [0.25, 0.3) is 10.9 Å². The van der Waals surface area contributed by atoms with E-state index in [9.17, 15) is 0 Å². The second-order valence-corrected chi connectivity index (χ2v) is 7.98. The van der Waals surface area contributed by atoms with Crippen molar-refractivity contribution in [3.63, 3.8) is 0 Å². The molecule has 2 aliphatic heterocycles. The number of benzene rings is 1. The summed E-state index contributed by atoms with van der Waals surface area (Å²) in [6, 6.07) is 6.52. The van der Waals surface area contributed by atoms with Gasteiger partial charge >= 0.3 is 0 Å². The van der Waals surface area contributed by atoms with E-state index in [1.54, 1.807) is 0 Å². The predicted octanol–water partition coefficient (Wildman–Crippen LogP) is 3.00. The molecule has 5 heteroatoms. The number of piperidine rings is 1. The van der Waals surface area contributed by atoms with E-state index in [2.05, 4.69) is 41.2 Å². The SMILES string of the molecule is Cc1cccc2c(CN3CCCC4(CCN(N)CC4)COC3)c[nH]c12. The summed E-state index contributed by atoms with van der Waals surface area (Å²) in [5, 5.41) is 3.30. The number of nitrogens with two attached hydrogens (primary N) is 1. The van der Waals surface area contributed by atoms with Gasteiger partial charge in [-0.25, -0.2) is 5.01 Å². The quantitative estimate of drug-likeness (QED) is 0.824. The molecule has 2 aliphatic rings. The summed E-state index contributed by atoms with van der Waals surface area (Å²) in [5.74, 6) is 5.93. The molecular formula is C20H30N4O. The summed E-state index contributed by atoms with van der Waals surface area (Å²) in [6.45, 7) is 7.83. The lowest BCUT2D eigenvalue weighted by molar-refractivity contribution is -0.0652. The lowest BCUT2D eigenvalue weighted by atomic mass is 9.75. The minimum absolute atomic E-state index is 0.361. The van der Waals surface area contributed by atoms with E-state index in [1.165, 1.54) is 47.7 Å². The number of fused-ring (bicyclic) bond motifs is 1. The number of aromatic nitrogens is 1. The zero-order valence-electron chi connectivity index (χ0n) is 15.3. The van der Waals surface area contributed by atoms with Gasteiger partial charge in [0.2, 0.25) is 0 Å². The van der Waals surface area contributed by atoms with Crippen molar-refractivity contribution in [2.75, 3.05) is 33.0 Å². The first kappa shape index (κ1) is 17.0. The molecule has 2 saturated heterocycles. The van der Waals surface area contributed by atoms with E-state index in [1.807, 2.05) is 5.01 Å². The molecule has 5 nitrogen and oxygen atoms in total. The molecule has 0 unspecified atom stereocenters. The molecule has 136 valence electrons. The van der Waals surface area contributed by atoms with Crippen LogP contribution in [0.15, 0.2) is 24.4 Å². The molecule has 0 amide bonds. The Balaban J connectivity index is 1.39. The van der Waals surface area contributed by atoms with Crippen molar-refractivity contribution >= 4 is 10.9 Å². The summed E-state index contributed by atoms with van der Waals surface area (Å²) >= 11 is 0. The van der Waals surface area contributed by atoms with Crippen LogP contribution in [0.4, 0.5) is 0 Å². The second-order valence-electron chi connectivity index (χ2n) is 7.98. The van der Waals surface area contributed by atoms with Gasteiger partial charge in [0, 0.05) is 43.3 Å². The standard InChI is InChI=1S/C20H30N4O/c1-16-4-2-5-18-17(12-22-19(16)18)13-23-9-3-6-20(14-25-15-23)7-10-24(21)11-8-20/h2,4-5,12,22H,3,6-11,13-15,21H2,1H3. The van der Waals surface area contributed by atoms with Gasteiger partial charge in [-0.2, -0.15) is 0 Å². The van der Waals surface area contributed by atoms with E-state index >= 15 is 0 Å². The minimum atomic E-state index is 0.361. The van der Waals surface area contributed by atoms with Crippen LogP contribution in [0.1, 0.15) is 36.8 Å². The van der Waals surface area contributed by atoms with Crippen LogP contribution < -0.4 is 5.84 Å². The van der Waals surface area contributed by atoms with Crippen LogP contribution in [-0.4, -0.2) is 47.9 Å². The second kappa shape index (κ2) is 7.08. The summed E-state index contributed by atoms with van der Waals surface area (Å²) in [7, 11) is 0. The van der Waals surface area contributed by atoms with Crippen molar-refractivity contribution in [3.05, 3.63) is 35.5 Å². The summed E-state index contributed by atoms with van der Waals surface area (Å²) in [4.78, 5) is 5.88. The summed E-state index contributed by atoms with van der Waals surface area (Å²) in [6.07, 6.45) is 7.00. The highest BCUT2D eigenvalue weighted by Crippen LogP contribution is 2.37. The molecule has 3 heterocycles. The molecule has 2 aromatic rings. The smallest absolute Gasteiger partial charge is 0.0993 e. The highest BCUT2D eigenvalue weighted by molar-refractivity contribution is 5.85. The number of nitrogens with zero attached hydrogens (tertiary/aromatic N) is 2. The Morgan fingerprint density at radius 1 is 1.20 bits per heavy atom. The molecule has 0 aliphatic carbocycles. The average Bonchev–Trinajstić information content (AvgIpc) is 3.00. The van der Waals surface area contributed by atoms with Crippen LogP contribution in [0.3, 0.4) is 0 Å². The zero-order chi connectivity index (χ0) is 17.3. The third-order valence-corrected chi connectivity index (χ3v) is 6.13.